The number of carbonyl (C=O) groups is 1. The number of carbonyl (C=O) groups excluding carboxylic acids is 1. The molecule has 1 aliphatic heterocycles. The van der Waals surface area contributed by atoms with Gasteiger partial charge in [0.25, 0.3) is 5.91 Å². The molecule has 0 saturated carbocycles. The van der Waals surface area contributed by atoms with Crippen molar-refractivity contribution >= 4 is 11.6 Å². The van der Waals surface area contributed by atoms with Crippen LogP contribution in [0.2, 0.25) is 0 Å². The average Bonchev–Trinajstić information content (AvgIpc) is 2.43. The largest absolute Gasteiger partial charge is 0.310 e. The number of benzene rings is 2. The third kappa shape index (κ3) is 1.94. The third-order valence-corrected chi connectivity index (χ3v) is 3.17. The van der Waals surface area contributed by atoms with E-state index in [2.05, 4.69) is 11.8 Å². The zero-order valence-corrected chi connectivity index (χ0v) is 10.6. The Morgan fingerprint density at radius 3 is 2.30 bits per heavy atom. The molecule has 98 valence electrons. The van der Waals surface area contributed by atoms with Crippen LogP contribution in [0.4, 0.5) is 14.5 Å². The maximum atomic E-state index is 13.3. The van der Waals surface area contributed by atoms with Crippen LogP contribution in [0.3, 0.4) is 0 Å². The topological polar surface area (TPSA) is 20.3 Å². The van der Waals surface area contributed by atoms with Gasteiger partial charge in [0.15, 0.2) is 0 Å². The number of rotatable bonds is 0. The van der Waals surface area contributed by atoms with Crippen molar-refractivity contribution in [3.63, 3.8) is 0 Å². The highest BCUT2D eigenvalue weighted by atomic mass is 19.1. The van der Waals surface area contributed by atoms with Crippen molar-refractivity contribution in [2.75, 3.05) is 11.9 Å². The Kier molecular flexibility index (Phi) is 2.76. The normalized spacial score (nSPS) is 12.8. The monoisotopic (exact) mass is 269 g/mol. The molecule has 0 unspecified atom stereocenters. The van der Waals surface area contributed by atoms with Gasteiger partial charge in [-0.05, 0) is 36.4 Å². The van der Waals surface area contributed by atoms with Crippen LogP contribution in [0.1, 0.15) is 21.5 Å². The molecule has 2 nitrogen and oxygen atoms in total. The van der Waals surface area contributed by atoms with Crippen LogP contribution < -0.4 is 4.90 Å². The third-order valence-electron chi connectivity index (χ3n) is 3.17. The van der Waals surface area contributed by atoms with Gasteiger partial charge >= 0.3 is 0 Å². The average molecular weight is 269 g/mol. The van der Waals surface area contributed by atoms with E-state index in [4.69, 9.17) is 0 Å². The number of fused-ring (bicyclic) bond motifs is 2. The minimum Gasteiger partial charge on any atom is -0.310 e. The molecule has 4 heteroatoms. The van der Waals surface area contributed by atoms with Crippen molar-refractivity contribution in [2.45, 2.75) is 0 Å². The SMILES string of the molecule is CN1C(=O)c2ccc(F)cc2C#Cc2cc(F)ccc21. The van der Waals surface area contributed by atoms with Crippen LogP contribution >= 0.6 is 0 Å². The van der Waals surface area contributed by atoms with Crippen LogP contribution in [-0.4, -0.2) is 13.0 Å². The molecule has 1 heterocycles. The number of hydrogen-bond donors (Lipinski definition) is 0. The number of anilines is 1. The van der Waals surface area contributed by atoms with Crippen LogP contribution in [-0.2, 0) is 0 Å². The second-order valence-electron chi connectivity index (χ2n) is 4.47. The number of halogens is 2. The Morgan fingerprint density at radius 2 is 1.55 bits per heavy atom. The molecule has 0 atom stereocenters. The highest BCUT2D eigenvalue weighted by molar-refractivity contribution is 6.08. The summed E-state index contributed by atoms with van der Waals surface area (Å²) in [5.41, 5.74) is 1.56. The Hall–Kier alpha value is -2.67. The highest BCUT2D eigenvalue weighted by Crippen LogP contribution is 2.25. The maximum Gasteiger partial charge on any atom is 0.259 e. The van der Waals surface area contributed by atoms with E-state index in [-0.39, 0.29) is 5.91 Å². The van der Waals surface area contributed by atoms with Gasteiger partial charge in [0.2, 0.25) is 0 Å². The van der Waals surface area contributed by atoms with Gasteiger partial charge in [0.05, 0.1) is 16.8 Å². The van der Waals surface area contributed by atoms with Crippen molar-refractivity contribution in [3.05, 3.63) is 64.7 Å². The van der Waals surface area contributed by atoms with E-state index >= 15 is 0 Å². The first-order chi connectivity index (χ1) is 9.56. The first-order valence-corrected chi connectivity index (χ1v) is 5.95. The van der Waals surface area contributed by atoms with Crippen LogP contribution in [0.25, 0.3) is 0 Å². The number of hydrogen-bond acceptors (Lipinski definition) is 1. The van der Waals surface area contributed by atoms with Crippen LogP contribution in [0, 0.1) is 23.5 Å². The molecule has 0 bridgehead atoms. The summed E-state index contributed by atoms with van der Waals surface area (Å²) < 4.78 is 26.5. The van der Waals surface area contributed by atoms with Gasteiger partial charge in [-0.2, -0.15) is 0 Å². The maximum absolute atomic E-state index is 13.3. The lowest BCUT2D eigenvalue weighted by atomic mass is 10.0. The van der Waals surface area contributed by atoms with Crippen LogP contribution in [0.5, 0.6) is 0 Å². The summed E-state index contributed by atoms with van der Waals surface area (Å²) in [6.07, 6.45) is 0. The lowest BCUT2D eigenvalue weighted by molar-refractivity contribution is 0.0992. The lowest BCUT2D eigenvalue weighted by Crippen LogP contribution is -2.28. The van der Waals surface area contributed by atoms with E-state index in [0.29, 0.717) is 22.4 Å². The molecule has 1 amide bonds. The molecule has 0 N–H and O–H groups in total. The molecule has 2 aromatic rings. The van der Waals surface area contributed by atoms with Gasteiger partial charge in [-0.25, -0.2) is 8.78 Å². The second kappa shape index (κ2) is 4.46. The fourth-order valence-corrected chi connectivity index (χ4v) is 2.13. The molecule has 2 aromatic carbocycles. The highest BCUT2D eigenvalue weighted by Gasteiger charge is 2.20. The first-order valence-electron chi connectivity index (χ1n) is 5.95. The molecular formula is C16H9F2NO. The zero-order valence-electron chi connectivity index (χ0n) is 10.6. The molecule has 0 aromatic heterocycles. The minimum absolute atomic E-state index is 0.303. The Morgan fingerprint density at radius 1 is 0.950 bits per heavy atom. The Labute approximate surface area is 114 Å². The van der Waals surface area contributed by atoms with Crippen molar-refractivity contribution in [1.82, 2.24) is 0 Å². The van der Waals surface area contributed by atoms with E-state index in [1.165, 1.54) is 41.3 Å². The summed E-state index contributed by atoms with van der Waals surface area (Å²) in [6, 6.07) is 7.88. The smallest absolute Gasteiger partial charge is 0.259 e. The fraction of sp³-hybridized carbons (Fsp3) is 0.0625. The van der Waals surface area contributed by atoms with E-state index in [9.17, 15) is 13.6 Å². The summed E-state index contributed by atoms with van der Waals surface area (Å²) in [6.45, 7) is 0. The van der Waals surface area contributed by atoms with Crippen molar-refractivity contribution in [1.29, 1.82) is 0 Å². The zero-order chi connectivity index (χ0) is 14.3. The molecule has 1 aliphatic rings. The van der Waals surface area contributed by atoms with E-state index in [1.807, 2.05) is 0 Å². The van der Waals surface area contributed by atoms with Gasteiger partial charge in [0, 0.05) is 12.6 Å². The number of amides is 1. The Bertz CT molecular complexity index is 787. The second-order valence-corrected chi connectivity index (χ2v) is 4.47. The van der Waals surface area contributed by atoms with Crippen molar-refractivity contribution in [2.24, 2.45) is 0 Å². The van der Waals surface area contributed by atoms with Gasteiger partial charge in [-0.1, -0.05) is 11.8 Å². The molecule has 0 fully saturated rings. The standard InChI is InChI=1S/C16H9F2NO/c1-19-15-7-5-13(18)9-11(15)3-2-10-8-12(17)4-6-14(10)16(19)20/h4-9H,1H3. The molecule has 20 heavy (non-hydrogen) atoms. The summed E-state index contributed by atoms with van der Waals surface area (Å²) in [5, 5.41) is 0. The van der Waals surface area contributed by atoms with Crippen LogP contribution in [0.15, 0.2) is 36.4 Å². The molecule has 0 aliphatic carbocycles. The van der Waals surface area contributed by atoms with E-state index in [0.717, 1.165) is 0 Å². The molecule has 3 rings (SSSR count). The van der Waals surface area contributed by atoms with Gasteiger partial charge in [-0.15, -0.1) is 0 Å². The minimum atomic E-state index is -0.464. The summed E-state index contributed by atoms with van der Waals surface area (Å²) in [4.78, 5) is 13.8. The Balaban J connectivity index is 2.29. The van der Waals surface area contributed by atoms with E-state index < -0.39 is 11.6 Å². The summed E-state index contributed by atoms with van der Waals surface area (Å²) in [7, 11) is 1.58. The summed E-state index contributed by atoms with van der Waals surface area (Å²) >= 11 is 0. The van der Waals surface area contributed by atoms with Crippen molar-refractivity contribution < 1.29 is 13.6 Å². The van der Waals surface area contributed by atoms with Gasteiger partial charge in [0.1, 0.15) is 11.6 Å². The quantitative estimate of drug-likeness (QED) is 0.673. The van der Waals surface area contributed by atoms with E-state index in [1.54, 1.807) is 7.05 Å². The van der Waals surface area contributed by atoms with Crippen molar-refractivity contribution in [3.8, 4) is 11.8 Å². The molecule has 0 spiro atoms. The number of nitrogens with zero attached hydrogens (tertiary/aromatic N) is 1. The summed E-state index contributed by atoms with van der Waals surface area (Å²) in [5.74, 6) is 4.33. The predicted octanol–water partition coefficient (Wildman–Crippen LogP) is 2.95. The molecule has 0 saturated heterocycles. The predicted molar refractivity (Wildman–Crippen MR) is 71.5 cm³/mol. The first kappa shape index (κ1) is 12.4. The molecular weight excluding hydrogens is 260 g/mol. The lowest BCUT2D eigenvalue weighted by Gasteiger charge is -2.21. The van der Waals surface area contributed by atoms with Gasteiger partial charge < -0.3 is 4.90 Å². The molecule has 0 radical (unpaired) electrons. The van der Waals surface area contributed by atoms with Gasteiger partial charge in [-0.3, -0.25) is 4.79 Å². The fourth-order valence-electron chi connectivity index (χ4n) is 2.13.